The predicted molar refractivity (Wildman–Crippen MR) is 64.8 cm³/mol. The van der Waals surface area contributed by atoms with Gasteiger partial charge in [0.2, 0.25) is 0 Å². The molecule has 3 atom stereocenters. The number of esters is 1. The number of carbonyl (C=O) groups is 1. The lowest BCUT2D eigenvalue weighted by molar-refractivity contribution is -0.150. The van der Waals surface area contributed by atoms with Gasteiger partial charge >= 0.3 is 5.97 Å². The predicted octanol–water partition coefficient (Wildman–Crippen LogP) is -0.828. The van der Waals surface area contributed by atoms with Gasteiger partial charge in [-0.2, -0.15) is 0 Å². The molecule has 2 rings (SSSR count). The number of methoxy groups -OCH3 is 1. The van der Waals surface area contributed by atoms with Crippen LogP contribution in [0, 0.1) is 0 Å². The van der Waals surface area contributed by atoms with E-state index in [2.05, 4.69) is 0 Å². The van der Waals surface area contributed by atoms with Gasteiger partial charge in [0.25, 0.3) is 0 Å². The van der Waals surface area contributed by atoms with Crippen LogP contribution in [0.15, 0.2) is 0 Å². The van der Waals surface area contributed by atoms with Gasteiger partial charge in [-0.1, -0.05) is 6.42 Å². The number of ether oxygens (including phenoxy) is 1. The molecule has 2 aliphatic rings. The Hall–Kier alpha value is -0.660. The van der Waals surface area contributed by atoms with Crippen LogP contribution in [0.2, 0.25) is 0 Å². The molecule has 6 nitrogen and oxygen atoms in total. The average molecular weight is 277 g/mol. The molecule has 0 saturated carbocycles. The number of hydrogen-bond donors (Lipinski definition) is 1. The van der Waals surface area contributed by atoms with Crippen LogP contribution in [0.5, 0.6) is 0 Å². The first-order valence-electron chi connectivity index (χ1n) is 6.16. The molecular formula is C11H19NO5S. The van der Waals surface area contributed by atoms with E-state index >= 15 is 0 Å². The summed E-state index contributed by atoms with van der Waals surface area (Å²) >= 11 is 0. The third-order valence-corrected chi connectivity index (χ3v) is 5.44. The third-order valence-electron chi connectivity index (χ3n) is 3.74. The van der Waals surface area contributed by atoms with E-state index in [0.717, 1.165) is 12.8 Å². The van der Waals surface area contributed by atoms with Gasteiger partial charge in [-0.25, -0.2) is 8.42 Å². The molecule has 0 aromatic heterocycles. The number of hydrogen-bond acceptors (Lipinski definition) is 6. The maximum Gasteiger partial charge on any atom is 0.323 e. The number of aliphatic hydroxyl groups is 1. The minimum atomic E-state index is -3.19. The maximum absolute atomic E-state index is 11.7. The third kappa shape index (κ3) is 2.67. The lowest BCUT2D eigenvalue weighted by Crippen LogP contribution is -2.54. The molecule has 7 heteroatoms. The molecule has 2 heterocycles. The Morgan fingerprint density at radius 2 is 2.06 bits per heavy atom. The van der Waals surface area contributed by atoms with Crippen molar-refractivity contribution in [2.75, 3.05) is 25.2 Å². The van der Waals surface area contributed by atoms with Crippen LogP contribution in [-0.2, 0) is 19.4 Å². The van der Waals surface area contributed by atoms with Crippen LogP contribution in [0.1, 0.15) is 19.3 Å². The number of carbonyl (C=O) groups excluding carboxylic acids is 1. The Bertz CT molecular complexity index is 421. The van der Waals surface area contributed by atoms with Crippen LogP contribution in [0.3, 0.4) is 0 Å². The molecule has 0 bridgehead atoms. The van der Waals surface area contributed by atoms with Gasteiger partial charge in [0, 0.05) is 0 Å². The van der Waals surface area contributed by atoms with Crippen LogP contribution in [0.4, 0.5) is 0 Å². The number of likely N-dealkylation sites (tertiary alicyclic amines) is 1. The normalized spacial score (nSPS) is 36.4. The zero-order valence-corrected chi connectivity index (χ0v) is 11.2. The topological polar surface area (TPSA) is 83.9 Å². The molecule has 0 aromatic carbocycles. The summed E-state index contributed by atoms with van der Waals surface area (Å²) in [5, 5.41) is 9.88. The van der Waals surface area contributed by atoms with E-state index in [0.29, 0.717) is 13.0 Å². The molecule has 0 amide bonds. The molecule has 1 N–H and O–H groups in total. The molecule has 0 aromatic rings. The van der Waals surface area contributed by atoms with Crippen LogP contribution in [0.25, 0.3) is 0 Å². The number of sulfone groups is 1. The highest BCUT2D eigenvalue weighted by atomic mass is 32.2. The van der Waals surface area contributed by atoms with Gasteiger partial charge < -0.3 is 9.84 Å². The van der Waals surface area contributed by atoms with E-state index in [9.17, 15) is 18.3 Å². The summed E-state index contributed by atoms with van der Waals surface area (Å²) < 4.78 is 27.8. The zero-order chi connectivity index (χ0) is 13.3. The summed E-state index contributed by atoms with van der Waals surface area (Å²) in [6.45, 7) is 0.636. The summed E-state index contributed by atoms with van der Waals surface area (Å²) in [6.07, 6.45) is 1.60. The molecule has 2 aliphatic heterocycles. The first-order chi connectivity index (χ1) is 8.44. The fourth-order valence-electron chi connectivity index (χ4n) is 2.87. The molecule has 18 heavy (non-hydrogen) atoms. The van der Waals surface area contributed by atoms with E-state index in [1.54, 1.807) is 0 Å². The molecule has 0 spiro atoms. The van der Waals surface area contributed by atoms with E-state index < -0.39 is 28.0 Å². The molecule has 0 aliphatic carbocycles. The minimum Gasteiger partial charge on any atom is -0.468 e. The van der Waals surface area contributed by atoms with Gasteiger partial charge in [-0.3, -0.25) is 9.69 Å². The van der Waals surface area contributed by atoms with E-state index in [-0.39, 0.29) is 17.5 Å². The van der Waals surface area contributed by atoms with Gasteiger partial charge in [0.1, 0.15) is 6.04 Å². The fourth-order valence-corrected chi connectivity index (χ4v) is 4.68. The number of aliphatic hydroxyl groups excluding tert-OH is 1. The molecule has 2 saturated heterocycles. The quantitative estimate of drug-likeness (QED) is 0.663. The fraction of sp³-hybridized carbons (Fsp3) is 0.909. The van der Waals surface area contributed by atoms with Gasteiger partial charge in [0.15, 0.2) is 9.84 Å². The maximum atomic E-state index is 11.7. The number of nitrogens with zero attached hydrogens (tertiary/aromatic N) is 1. The Kier molecular flexibility index (Phi) is 3.93. The minimum absolute atomic E-state index is 0.0678. The van der Waals surface area contributed by atoms with Gasteiger partial charge in [-0.05, 0) is 19.4 Å². The average Bonchev–Trinajstić information content (AvgIpc) is 2.61. The number of rotatable bonds is 2. The van der Waals surface area contributed by atoms with Crippen molar-refractivity contribution in [1.29, 1.82) is 0 Å². The lowest BCUT2D eigenvalue weighted by Gasteiger charge is -2.38. The molecular weight excluding hydrogens is 258 g/mol. The van der Waals surface area contributed by atoms with Crippen molar-refractivity contribution in [3.8, 4) is 0 Å². The second-order valence-corrected chi connectivity index (χ2v) is 7.14. The SMILES string of the molecule is COC(=O)C1CCCCN1C1CS(=O)(=O)CC1O. The highest BCUT2D eigenvalue weighted by Gasteiger charge is 2.44. The monoisotopic (exact) mass is 277 g/mol. The second kappa shape index (κ2) is 5.14. The van der Waals surface area contributed by atoms with E-state index in [1.165, 1.54) is 7.11 Å². The number of piperidine rings is 1. The lowest BCUT2D eigenvalue weighted by atomic mass is 9.98. The van der Waals surface area contributed by atoms with Crippen molar-refractivity contribution in [2.24, 2.45) is 0 Å². The van der Waals surface area contributed by atoms with Gasteiger partial charge in [0.05, 0.1) is 30.8 Å². The van der Waals surface area contributed by atoms with E-state index in [4.69, 9.17) is 4.74 Å². The highest BCUT2D eigenvalue weighted by Crippen LogP contribution is 2.26. The van der Waals surface area contributed by atoms with Crippen molar-refractivity contribution < 1.29 is 23.1 Å². The Balaban J connectivity index is 2.17. The smallest absolute Gasteiger partial charge is 0.323 e. The van der Waals surface area contributed by atoms with Crippen LogP contribution < -0.4 is 0 Å². The molecule has 104 valence electrons. The summed E-state index contributed by atoms with van der Waals surface area (Å²) in [4.78, 5) is 13.5. The van der Waals surface area contributed by atoms with Gasteiger partial charge in [-0.15, -0.1) is 0 Å². The Morgan fingerprint density at radius 3 is 2.61 bits per heavy atom. The van der Waals surface area contributed by atoms with Crippen molar-refractivity contribution >= 4 is 15.8 Å². The van der Waals surface area contributed by atoms with Crippen LogP contribution in [-0.4, -0.2) is 67.7 Å². The summed E-state index contributed by atoms with van der Waals surface area (Å²) in [7, 11) is -1.86. The highest BCUT2D eigenvalue weighted by molar-refractivity contribution is 7.91. The first kappa shape index (κ1) is 13.8. The summed E-state index contributed by atoms with van der Waals surface area (Å²) in [6, 6.07) is -0.893. The van der Waals surface area contributed by atoms with Crippen molar-refractivity contribution in [3.05, 3.63) is 0 Å². The van der Waals surface area contributed by atoms with Crippen molar-refractivity contribution in [3.63, 3.8) is 0 Å². The zero-order valence-electron chi connectivity index (χ0n) is 10.4. The summed E-state index contributed by atoms with van der Waals surface area (Å²) in [5.41, 5.74) is 0. The van der Waals surface area contributed by atoms with Crippen LogP contribution >= 0.6 is 0 Å². The van der Waals surface area contributed by atoms with E-state index in [1.807, 2.05) is 4.90 Å². The summed E-state index contributed by atoms with van der Waals surface area (Å²) in [5.74, 6) is -0.616. The molecule has 3 unspecified atom stereocenters. The van der Waals surface area contributed by atoms with Crippen molar-refractivity contribution in [1.82, 2.24) is 4.90 Å². The second-order valence-electron chi connectivity index (χ2n) is 4.98. The molecule has 0 radical (unpaired) electrons. The molecule has 2 fully saturated rings. The first-order valence-corrected chi connectivity index (χ1v) is 7.99. The largest absolute Gasteiger partial charge is 0.468 e. The Morgan fingerprint density at radius 1 is 1.33 bits per heavy atom. The standard InChI is InChI=1S/C11H19NO5S/c1-17-11(14)8-4-2-3-5-12(8)9-6-18(15,16)7-10(9)13/h8-10,13H,2-7H2,1H3. The Labute approximate surface area is 107 Å². The van der Waals surface area contributed by atoms with Crippen molar-refractivity contribution in [2.45, 2.75) is 37.5 Å².